The molecule has 3 N–H and O–H groups in total. The molecule has 6 heteroatoms. The minimum atomic E-state index is -1.03. The molecule has 0 saturated heterocycles. The summed E-state index contributed by atoms with van der Waals surface area (Å²) in [4.78, 5) is 35.8. The predicted octanol–water partition coefficient (Wildman–Crippen LogP) is 3.92. The molecule has 0 bridgehead atoms. The maximum Gasteiger partial charge on any atom is 0.336 e. The summed E-state index contributed by atoms with van der Waals surface area (Å²) in [6.07, 6.45) is 0. The molecule has 0 aliphatic heterocycles. The zero-order valence-corrected chi connectivity index (χ0v) is 16.8. The second kappa shape index (κ2) is 8.25. The van der Waals surface area contributed by atoms with E-state index in [1.165, 1.54) is 6.07 Å². The Morgan fingerprint density at radius 3 is 2.11 bits per heavy atom. The topological polar surface area (TPSA) is 95.5 Å². The molecular weight excluding hydrogens is 356 g/mol. The van der Waals surface area contributed by atoms with Gasteiger partial charge in [-0.25, -0.2) is 4.79 Å². The summed E-state index contributed by atoms with van der Waals surface area (Å²) in [5.41, 5.74) is 2.93. The van der Waals surface area contributed by atoms with E-state index in [4.69, 9.17) is 0 Å². The highest BCUT2D eigenvalue weighted by molar-refractivity contribution is 6.05. The number of carbonyl (C=O) groups is 3. The fraction of sp³-hybridized carbons (Fsp3) is 0.318. The molecule has 28 heavy (non-hydrogen) atoms. The van der Waals surface area contributed by atoms with Crippen molar-refractivity contribution in [2.75, 3.05) is 5.32 Å². The summed E-state index contributed by atoms with van der Waals surface area (Å²) in [5.74, 6) is -1.40. The van der Waals surface area contributed by atoms with Crippen molar-refractivity contribution in [3.63, 3.8) is 0 Å². The summed E-state index contributed by atoms with van der Waals surface area (Å²) >= 11 is 0. The van der Waals surface area contributed by atoms with E-state index in [9.17, 15) is 19.5 Å². The van der Waals surface area contributed by atoms with Crippen LogP contribution in [0.4, 0.5) is 5.69 Å². The Balaban J connectivity index is 2.09. The van der Waals surface area contributed by atoms with Crippen molar-refractivity contribution < 1.29 is 19.5 Å². The van der Waals surface area contributed by atoms with Crippen LogP contribution >= 0.6 is 0 Å². The summed E-state index contributed by atoms with van der Waals surface area (Å²) in [6.45, 7) is 9.46. The number of aromatic carboxylic acids is 1. The van der Waals surface area contributed by atoms with E-state index in [0.29, 0.717) is 23.4 Å². The lowest BCUT2D eigenvalue weighted by molar-refractivity contribution is -0.128. The van der Waals surface area contributed by atoms with Crippen LogP contribution in [0.1, 0.15) is 58.2 Å². The maximum atomic E-state index is 12.5. The normalized spacial score (nSPS) is 11.0. The van der Waals surface area contributed by atoms with Crippen LogP contribution in [-0.4, -0.2) is 22.9 Å². The highest BCUT2D eigenvalue weighted by atomic mass is 16.4. The second-order valence-electron chi connectivity index (χ2n) is 7.87. The summed E-state index contributed by atoms with van der Waals surface area (Å²) < 4.78 is 0. The van der Waals surface area contributed by atoms with Gasteiger partial charge in [0.2, 0.25) is 5.91 Å². The number of aryl methyl sites for hydroxylation is 2. The molecule has 0 aliphatic carbocycles. The van der Waals surface area contributed by atoms with Crippen LogP contribution in [0.15, 0.2) is 36.4 Å². The van der Waals surface area contributed by atoms with Crippen LogP contribution in [0.5, 0.6) is 0 Å². The number of carboxylic acid groups (broad SMARTS) is 1. The standard InChI is InChI=1S/C22H26N2O4/c1-13-10-14(2)18(11-17(13)20(26)27)24-19(25)16-8-6-15(7-9-16)12-23-21(28)22(3,4)5/h6-11H,12H2,1-5H3,(H,23,28)(H,24,25)(H,26,27). The molecule has 0 unspecified atom stereocenters. The molecule has 6 nitrogen and oxygen atoms in total. The van der Waals surface area contributed by atoms with E-state index < -0.39 is 11.4 Å². The minimum absolute atomic E-state index is 0.0431. The molecule has 0 atom stereocenters. The van der Waals surface area contributed by atoms with Crippen molar-refractivity contribution in [1.29, 1.82) is 0 Å². The molecule has 0 saturated carbocycles. The van der Waals surface area contributed by atoms with E-state index in [1.54, 1.807) is 37.3 Å². The average molecular weight is 382 g/mol. The zero-order valence-electron chi connectivity index (χ0n) is 16.8. The maximum absolute atomic E-state index is 12.5. The van der Waals surface area contributed by atoms with Gasteiger partial charge in [0.25, 0.3) is 5.91 Å². The van der Waals surface area contributed by atoms with E-state index >= 15 is 0 Å². The van der Waals surface area contributed by atoms with Crippen molar-refractivity contribution in [3.05, 3.63) is 64.2 Å². The lowest BCUT2D eigenvalue weighted by Gasteiger charge is -2.17. The van der Waals surface area contributed by atoms with Gasteiger partial charge in [-0.05, 0) is 48.7 Å². The number of hydrogen-bond donors (Lipinski definition) is 3. The average Bonchev–Trinajstić information content (AvgIpc) is 2.61. The van der Waals surface area contributed by atoms with Crippen molar-refractivity contribution in [2.24, 2.45) is 5.41 Å². The molecule has 0 fully saturated rings. The molecule has 0 radical (unpaired) electrons. The van der Waals surface area contributed by atoms with Crippen LogP contribution in [0, 0.1) is 19.3 Å². The van der Waals surface area contributed by atoms with Gasteiger partial charge in [-0.3, -0.25) is 9.59 Å². The Bertz CT molecular complexity index is 909. The molecule has 2 amide bonds. The second-order valence-corrected chi connectivity index (χ2v) is 7.87. The first-order chi connectivity index (χ1) is 13.0. The van der Waals surface area contributed by atoms with E-state index in [2.05, 4.69) is 10.6 Å². The van der Waals surface area contributed by atoms with Gasteiger partial charge in [-0.1, -0.05) is 39.0 Å². The number of carboxylic acids is 1. The number of carbonyl (C=O) groups excluding carboxylic acids is 2. The predicted molar refractivity (Wildman–Crippen MR) is 109 cm³/mol. The summed E-state index contributed by atoms with van der Waals surface area (Å²) in [6, 6.07) is 10.1. The van der Waals surface area contributed by atoms with E-state index in [-0.39, 0.29) is 17.4 Å². The highest BCUT2D eigenvalue weighted by Crippen LogP contribution is 2.22. The summed E-state index contributed by atoms with van der Waals surface area (Å²) in [7, 11) is 0. The van der Waals surface area contributed by atoms with Crippen LogP contribution in [-0.2, 0) is 11.3 Å². The SMILES string of the molecule is Cc1cc(C)c(C(=O)O)cc1NC(=O)c1ccc(CNC(=O)C(C)(C)C)cc1. The van der Waals surface area contributed by atoms with Gasteiger partial charge in [0.05, 0.1) is 5.56 Å². The lowest BCUT2D eigenvalue weighted by atomic mass is 9.95. The third-order valence-corrected chi connectivity index (χ3v) is 4.40. The van der Waals surface area contributed by atoms with Gasteiger partial charge < -0.3 is 15.7 Å². The third-order valence-electron chi connectivity index (χ3n) is 4.40. The molecule has 0 aromatic heterocycles. The Kier molecular flexibility index (Phi) is 6.23. The Hall–Kier alpha value is -3.15. The van der Waals surface area contributed by atoms with E-state index in [1.807, 2.05) is 27.7 Å². The van der Waals surface area contributed by atoms with Crippen LogP contribution in [0.3, 0.4) is 0 Å². The number of rotatable bonds is 5. The van der Waals surface area contributed by atoms with Crippen molar-refractivity contribution in [1.82, 2.24) is 5.32 Å². The lowest BCUT2D eigenvalue weighted by Crippen LogP contribution is -2.34. The van der Waals surface area contributed by atoms with E-state index in [0.717, 1.165) is 11.1 Å². The van der Waals surface area contributed by atoms with Gasteiger partial charge in [0.1, 0.15) is 0 Å². The summed E-state index contributed by atoms with van der Waals surface area (Å²) in [5, 5.41) is 14.9. The highest BCUT2D eigenvalue weighted by Gasteiger charge is 2.20. The first kappa shape index (κ1) is 21.2. The monoisotopic (exact) mass is 382 g/mol. The first-order valence-electron chi connectivity index (χ1n) is 9.02. The Morgan fingerprint density at radius 2 is 1.57 bits per heavy atom. The molecule has 2 aromatic carbocycles. The number of benzene rings is 2. The Morgan fingerprint density at radius 1 is 0.964 bits per heavy atom. The van der Waals surface area contributed by atoms with Crippen LogP contribution in [0.2, 0.25) is 0 Å². The Labute approximate surface area is 165 Å². The van der Waals surface area contributed by atoms with Gasteiger partial charge in [-0.15, -0.1) is 0 Å². The largest absolute Gasteiger partial charge is 0.478 e. The molecule has 0 heterocycles. The number of anilines is 1. The third kappa shape index (κ3) is 5.19. The van der Waals surface area contributed by atoms with Gasteiger partial charge in [-0.2, -0.15) is 0 Å². The van der Waals surface area contributed by atoms with Gasteiger partial charge in [0, 0.05) is 23.2 Å². The molecule has 0 spiro atoms. The quantitative estimate of drug-likeness (QED) is 0.730. The smallest absolute Gasteiger partial charge is 0.336 e. The fourth-order valence-corrected chi connectivity index (χ4v) is 2.63. The van der Waals surface area contributed by atoms with Crippen LogP contribution < -0.4 is 10.6 Å². The van der Waals surface area contributed by atoms with Gasteiger partial charge in [0.15, 0.2) is 0 Å². The zero-order chi connectivity index (χ0) is 21.1. The molecule has 2 rings (SSSR count). The number of nitrogens with one attached hydrogen (secondary N) is 2. The molecule has 148 valence electrons. The first-order valence-corrected chi connectivity index (χ1v) is 9.02. The van der Waals surface area contributed by atoms with Crippen molar-refractivity contribution >= 4 is 23.5 Å². The molecule has 2 aromatic rings. The number of hydrogen-bond acceptors (Lipinski definition) is 3. The van der Waals surface area contributed by atoms with Crippen molar-refractivity contribution in [3.8, 4) is 0 Å². The number of amides is 2. The molecule has 0 aliphatic rings. The minimum Gasteiger partial charge on any atom is -0.478 e. The molecular formula is C22H26N2O4. The van der Waals surface area contributed by atoms with Crippen molar-refractivity contribution in [2.45, 2.75) is 41.2 Å². The van der Waals surface area contributed by atoms with Crippen LogP contribution in [0.25, 0.3) is 0 Å². The fourth-order valence-electron chi connectivity index (χ4n) is 2.63. The van der Waals surface area contributed by atoms with Gasteiger partial charge >= 0.3 is 5.97 Å².